The highest BCUT2D eigenvalue weighted by Gasteiger charge is 2.33. The van der Waals surface area contributed by atoms with Crippen molar-refractivity contribution in [1.29, 1.82) is 0 Å². The molecule has 1 aliphatic heterocycles. The Morgan fingerprint density at radius 2 is 1.46 bits per heavy atom. The van der Waals surface area contributed by atoms with Crippen molar-refractivity contribution < 1.29 is 14.2 Å². The summed E-state index contributed by atoms with van der Waals surface area (Å²) in [4.78, 5) is 0. The molecule has 0 radical (unpaired) electrons. The molecule has 2 unspecified atom stereocenters. The summed E-state index contributed by atoms with van der Waals surface area (Å²) in [6, 6.07) is 0. The summed E-state index contributed by atoms with van der Waals surface area (Å²) in [5.74, 6) is 0. The molecule has 26 heavy (non-hydrogen) atoms. The van der Waals surface area contributed by atoms with Gasteiger partial charge in [-0.2, -0.15) is 0 Å². The van der Waals surface area contributed by atoms with Crippen LogP contribution >= 0.6 is 48.0 Å². The fraction of sp³-hybridized carbons (Fsp3) is 0.895. The van der Waals surface area contributed by atoms with Gasteiger partial charge in [0.25, 0.3) is 0 Å². The summed E-state index contributed by atoms with van der Waals surface area (Å²) >= 11 is 13.6. The second-order valence-corrected chi connectivity index (χ2v) is 9.44. The average Bonchev–Trinajstić information content (AvgIpc) is 2.72. The highest BCUT2D eigenvalue weighted by molar-refractivity contribution is 8.22. The van der Waals surface area contributed by atoms with E-state index in [1.807, 2.05) is 12.5 Å². The quantitative estimate of drug-likeness (QED) is 0.337. The maximum absolute atomic E-state index is 6.60. The summed E-state index contributed by atoms with van der Waals surface area (Å²) in [5, 5.41) is 0. The standard InChI is InChI=1S/C19H34O3S4/c1-5-7-8-11-16-17(22-19(24)26-4)13-10-9-12-15(14(6-2)20-16)21-18(23)25-3/h14-17H,5-13H2,1-4H3/t14-,15?,16+,17?/m1/s1. The minimum absolute atomic E-state index is 0.0277. The van der Waals surface area contributed by atoms with Gasteiger partial charge in [0.1, 0.15) is 12.2 Å². The van der Waals surface area contributed by atoms with Gasteiger partial charge in [0.15, 0.2) is 0 Å². The van der Waals surface area contributed by atoms with E-state index in [4.69, 9.17) is 38.6 Å². The van der Waals surface area contributed by atoms with E-state index in [1.165, 1.54) is 36.4 Å². The van der Waals surface area contributed by atoms with E-state index in [-0.39, 0.29) is 24.4 Å². The van der Waals surface area contributed by atoms with Crippen molar-refractivity contribution in [3.8, 4) is 0 Å². The Morgan fingerprint density at radius 3 is 1.92 bits per heavy atom. The summed E-state index contributed by atoms with van der Waals surface area (Å²) in [6.07, 6.45) is 13.7. The molecule has 1 rings (SSSR count). The Morgan fingerprint density at radius 1 is 0.923 bits per heavy atom. The average molecular weight is 439 g/mol. The van der Waals surface area contributed by atoms with E-state index >= 15 is 0 Å². The molecule has 1 saturated heterocycles. The van der Waals surface area contributed by atoms with Gasteiger partial charge in [0.2, 0.25) is 8.77 Å². The smallest absolute Gasteiger partial charge is 0.220 e. The zero-order valence-electron chi connectivity index (χ0n) is 16.5. The minimum atomic E-state index is 0.0277. The third-order valence-corrected chi connectivity index (χ3v) is 6.78. The van der Waals surface area contributed by atoms with Crippen LogP contribution in [0.25, 0.3) is 0 Å². The predicted molar refractivity (Wildman–Crippen MR) is 124 cm³/mol. The first kappa shape index (κ1) is 24.5. The van der Waals surface area contributed by atoms with E-state index in [2.05, 4.69) is 13.8 Å². The van der Waals surface area contributed by atoms with Crippen molar-refractivity contribution in [3.63, 3.8) is 0 Å². The Bertz CT molecular complexity index is 420. The second kappa shape index (κ2) is 14.4. The third-order valence-electron chi connectivity index (χ3n) is 4.73. The predicted octanol–water partition coefficient (Wildman–Crippen LogP) is 6.37. The molecule has 0 saturated carbocycles. The Kier molecular flexibility index (Phi) is 13.6. The highest BCUT2D eigenvalue weighted by atomic mass is 32.2. The van der Waals surface area contributed by atoms with Crippen molar-refractivity contribution in [1.82, 2.24) is 0 Å². The summed E-state index contributed by atoms with van der Waals surface area (Å²) < 4.78 is 20.0. The maximum atomic E-state index is 6.60. The van der Waals surface area contributed by atoms with Gasteiger partial charge in [-0.15, -0.1) is 0 Å². The number of thioether (sulfide) groups is 2. The fourth-order valence-corrected chi connectivity index (χ4v) is 3.97. The first-order valence-electron chi connectivity index (χ1n) is 9.70. The molecule has 0 aromatic carbocycles. The van der Waals surface area contributed by atoms with E-state index in [0.29, 0.717) is 8.77 Å². The molecule has 0 amide bonds. The number of unbranched alkanes of at least 4 members (excludes halogenated alkanes) is 2. The van der Waals surface area contributed by atoms with Crippen LogP contribution in [-0.2, 0) is 14.2 Å². The number of rotatable bonds is 7. The number of hydrogen-bond acceptors (Lipinski definition) is 7. The van der Waals surface area contributed by atoms with Gasteiger partial charge in [-0.05, 0) is 75.5 Å². The van der Waals surface area contributed by atoms with Crippen LogP contribution in [0, 0.1) is 0 Å². The molecule has 0 N–H and O–H groups in total. The topological polar surface area (TPSA) is 27.7 Å². The lowest BCUT2D eigenvalue weighted by Crippen LogP contribution is -2.40. The van der Waals surface area contributed by atoms with Crippen LogP contribution in [0.5, 0.6) is 0 Å². The lowest BCUT2D eigenvalue weighted by atomic mass is 10.0. The first-order valence-corrected chi connectivity index (χ1v) is 13.0. The minimum Gasteiger partial charge on any atom is -0.473 e. The molecule has 152 valence electrons. The van der Waals surface area contributed by atoms with Crippen molar-refractivity contribution in [2.75, 3.05) is 12.5 Å². The Labute approximate surface area is 179 Å². The van der Waals surface area contributed by atoms with Gasteiger partial charge in [0, 0.05) is 0 Å². The molecule has 1 fully saturated rings. The molecule has 1 heterocycles. The molecule has 4 atom stereocenters. The van der Waals surface area contributed by atoms with E-state index in [0.717, 1.165) is 44.9 Å². The molecule has 0 spiro atoms. The van der Waals surface area contributed by atoms with Crippen LogP contribution in [0.4, 0.5) is 0 Å². The molecular formula is C19H34O3S4. The second-order valence-electron chi connectivity index (χ2n) is 6.62. The molecule has 3 nitrogen and oxygen atoms in total. The largest absolute Gasteiger partial charge is 0.473 e. The number of hydrogen-bond donors (Lipinski definition) is 0. The van der Waals surface area contributed by atoms with Gasteiger partial charge in [0.05, 0.1) is 12.2 Å². The fourth-order valence-electron chi connectivity index (χ4n) is 3.28. The molecule has 0 aliphatic carbocycles. The van der Waals surface area contributed by atoms with Gasteiger partial charge in [-0.3, -0.25) is 0 Å². The first-order chi connectivity index (χ1) is 12.5. The Balaban J connectivity index is 2.91. The lowest BCUT2D eigenvalue weighted by Gasteiger charge is -2.33. The molecule has 0 bridgehead atoms. The zero-order chi connectivity index (χ0) is 19.4. The molecule has 7 heteroatoms. The summed E-state index contributed by atoms with van der Waals surface area (Å²) in [6.45, 7) is 4.38. The van der Waals surface area contributed by atoms with Crippen LogP contribution in [0.3, 0.4) is 0 Å². The van der Waals surface area contributed by atoms with Crippen molar-refractivity contribution in [3.05, 3.63) is 0 Å². The molecule has 1 aliphatic rings. The molecule has 0 aromatic heterocycles. The van der Waals surface area contributed by atoms with Gasteiger partial charge >= 0.3 is 0 Å². The zero-order valence-corrected chi connectivity index (χ0v) is 19.8. The monoisotopic (exact) mass is 438 g/mol. The molecular weight excluding hydrogens is 404 g/mol. The number of thiocarbonyl (C=S) groups is 2. The summed E-state index contributed by atoms with van der Waals surface area (Å²) in [7, 11) is 0. The van der Waals surface area contributed by atoms with Crippen molar-refractivity contribution >= 4 is 56.7 Å². The van der Waals surface area contributed by atoms with Crippen molar-refractivity contribution in [2.24, 2.45) is 0 Å². The van der Waals surface area contributed by atoms with Crippen molar-refractivity contribution in [2.45, 2.75) is 96.1 Å². The van der Waals surface area contributed by atoms with Crippen LogP contribution in [0.15, 0.2) is 0 Å². The van der Waals surface area contributed by atoms with Crippen LogP contribution in [0.1, 0.15) is 71.6 Å². The van der Waals surface area contributed by atoms with Crippen LogP contribution in [0.2, 0.25) is 0 Å². The van der Waals surface area contributed by atoms with E-state index < -0.39 is 0 Å². The number of ether oxygens (including phenoxy) is 3. The SMILES string of the molecule is CCCCC[C@@H]1O[C@H](CC)C(OC(=S)SC)CCCCC1OC(=S)SC. The summed E-state index contributed by atoms with van der Waals surface area (Å²) in [5.41, 5.74) is 0. The maximum Gasteiger partial charge on any atom is 0.220 e. The van der Waals surface area contributed by atoms with Gasteiger partial charge in [-0.25, -0.2) is 0 Å². The van der Waals surface area contributed by atoms with Gasteiger partial charge < -0.3 is 14.2 Å². The Hall–Kier alpha value is 0.440. The van der Waals surface area contributed by atoms with Crippen LogP contribution in [-0.4, -0.2) is 45.7 Å². The third kappa shape index (κ3) is 9.09. The van der Waals surface area contributed by atoms with Crippen LogP contribution < -0.4 is 0 Å². The van der Waals surface area contributed by atoms with E-state index in [1.54, 1.807) is 0 Å². The van der Waals surface area contributed by atoms with E-state index in [9.17, 15) is 0 Å². The normalized spacial score (nSPS) is 27.1. The lowest BCUT2D eigenvalue weighted by molar-refractivity contribution is -0.109. The van der Waals surface area contributed by atoms with Gasteiger partial charge in [-0.1, -0.05) is 56.6 Å². The molecule has 0 aromatic rings. The highest BCUT2D eigenvalue weighted by Crippen LogP contribution is 2.28.